The predicted octanol–water partition coefficient (Wildman–Crippen LogP) is 5.89. The maximum Gasteiger partial charge on any atom is 0.330 e. The Morgan fingerprint density at radius 3 is 2.54 bits per heavy atom. The first kappa shape index (κ1) is 27.4. The van der Waals surface area contributed by atoms with Crippen molar-refractivity contribution >= 4 is 56.4 Å². The highest BCUT2D eigenvalue weighted by molar-refractivity contribution is 7.11. The summed E-state index contributed by atoms with van der Waals surface area (Å²) in [5.41, 5.74) is 2.15. The molecule has 0 amide bonds. The first-order valence-corrected chi connectivity index (χ1v) is 12.4. The van der Waals surface area contributed by atoms with E-state index in [0.29, 0.717) is 47.5 Å². The number of carbonyl (C=O) groups is 2. The topological polar surface area (TPSA) is 137 Å². The summed E-state index contributed by atoms with van der Waals surface area (Å²) in [6.07, 6.45) is 2.57. The molecule has 3 rings (SSSR count). The van der Waals surface area contributed by atoms with Crippen LogP contribution in [0, 0.1) is 10.1 Å². The van der Waals surface area contributed by atoms with Gasteiger partial charge in [-0.1, -0.05) is 6.58 Å². The van der Waals surface area contributed by atoms with Crippen LogP contribution in [0.4, 0.5) is 22.1 Å². The van der Waals surface area contributed by atoms with Gasteiger partial charge in [0.05, 0.1) is 35.8 Å². The summed E-state index contributed by atoms with van der Waals surface area (Å²) in [7, 11) is 0. The summed E-state index contributed by atoms with van der Waals surface area (Å²) in [4.78, 5) is 35.7. The van der Waals surface area contributed by atoms with Crippen LogP contribution >= 0.6 is 11.5 Å². The number of esters is 2. The van der Waals surface area contributed by atoms with E-state index in [1.807, 2.05) is 36.1 Å². The van der Waals surface area contributed by atoms with Gasteiger partial charge in [-0.05, 0) is 61.6 Å². The van der Waals surface area contributed by atoms with Gasteiger partial charge in [-0.25, -0.2) is 4.79 Å². The summed E-state index contributed by atoms with van der Waals surface area (Å²) in [5.74, 6) is -0.751. The third-order valence-corrected chi connectivity index (χ3v) is 6.07. The summed E-state index contributed by atoms with van der Waals surface area (Å²) < 4.78 is 14.4. The molecule has 0 aliphatic rings. The Bertz CT molecular complexity index is 1270. The van der Waals surface area contributed by atoms with Gasteiger partial charge in [0.1, 0.15) is 0 Å². The minimum Gasteiger partial charge on any atom is -0.466 e. The Morgan fingerprint density at radius 1 is 1.14 bits per heavy atom. The minimum absolute atomic E-state index is 0.0245. The van der Waals surface area contributed by atoms with Crippen molar-refractivity contribution in [3.05, 3.63) is 65.2 Å². The first-order valence-electron chi connectivity index (χ1n) is 11.7. The standard InChI is InChI=1S/C25H27N5O6S/c1-3-23(31)35-15-5-6-16-36-24(32)13-14-29(4-2)19-9-7-18(8-10-19)26-27-25-21-17-20(30(33)34)11-12-22(21)28-37-25/h3,7-12,17H,1,4-6,13-16H2,2H3. The van der Waals surface area contributed by atoms with Crippen LogP contribution in [0.5, 0.6) is 0 Å². The van der Waals surface area contributed by atoms with Crippen LogP contribution in [0.3, 0.4) is 0 Å². The lowest BCUT2D eigenvalue weighted by molar-refractivity contribution is -0.384. The number of hydrogen-bond donors (Lipinski definition) is 0. The Hall–Kier alpha value is -4.19. The lowest BCUT2D eigenvalue weighted by atomic mass is 10.2. The molecule has 0 aliphatic carbocycles. The predicted molar refractivity (Wildman–Crippen MR) is 141 cm³/mol. The number of benzene rings is 2. The third-order valence-electron chi connectivity index (χ3n) is 5.30. The number of nitro benzene ring substituents is 1. The average molecular weight is 526 g/mol. The highest BCUT2D eigenvalue weighted by Gasteiger charge is 2.12. The molecular formula is C25H27N5O6S. The van der Waals surface area contributed by atoms with Crippen LogP contribution in [-0.4, -0.2) is 47.5 Å². The lowest BCUT2D eigenvalue weighted by Gasteiger charge is -2.22. The van der Waals surface area contributed by atoms with Gasteiger partial charge in [0.2, 0.25) is 0 Å². The van der Waals surface area contributed by atoms with E-state index in [1.54, 1.807) is 6.07 Å². The summed E-state index contributed by atoms with van der Waals surface area (Å²) in [6, 6.07) is 11.9. The van der Waals surface area contributed by atoms with Gasteiger partial charge in [0.15, 0.2) is 5.00 Å². The third kappa shape index (κ3) is 8.17. The monoisotopic (exact) mass is 525 g/mol. The second-order valence-corrected chi connectivity index (χ2v) is 8.54. The zero-order chi connectivity index (χ0) is 26.6. The largest absolute Gasteiger partial charge is 0.466 e. The van der Waals surface area contributed by atoms with Crippen LogP contribution < -0.4 is 4.90 Å². The van der Waals surface area contributed by atoms with E-state index in [1.165, 1.54) is 12.1 Å². The highest BCUT2D eigenvalue weighted by atomic mass is 32.1. The van der Waals surface area contributed by atoms with Crippen LogP contribution in [0.15, 0.2) is 65.3 Å². The van der Waals surface area contributed by atoms with Gasteiger partial charge in [-0.3, -0.25) is 14.9 Å². The Balaban J connectivity index is 1.49. The maximum atomic E-state index is 12.1. The molecule has 0 N–H and O–H groups in total. The maximum absolute atomic E-state index is 12.1. The molecule has 0 atom stereocenters. The molecule has 37 heavy (non-hydrogen) atoms. The summed E-state index contributed by atoms with van der Waals surface area (Å²) >= 11 is 1.13. The second kappa shape index (κ2) is 13.8. The SMILES string of the molecule is C=CC(=O)OCCCCOC(=O)CCN(CC)c1ccc(N=Nc2snc3ccc([N+](=O)[O-])cc23)cc1. The smallest absolute Gasteiger partial charge is 0.330 e. The second-order valence-electron chi connectivity index (χ2n) is 7.79. The number of aromatic nitrogens is 1. The van der Waals surface area contributed by atoms with Crippen LogP contribution in [-0.2, 0) is 19.1 Å². The number of nitro groups is 1. The number of fused-ring (bicyclic) bond motifs is 1. The molecule has 0 spiro atoms. The van der Waals surface area contributed by atoms with E-state index in [4.69, 9.17) is 9.47 Å². The van der Waals surface area contributed by atoms with Crippen LogP contribution in [0.2, 0.25) is 0 Å². The van der Waals surface area contributed by atoms with Crippen molar-refractivity contribution in [2.24, 2.45) is 10.2 Å². The number of nitrogens with zero attached hydrogens (tertiary/aromatic N) is 5. The quantitative estimate of drug-likeness (QED) is 0.0634. The van der Waals surface area contributed by atoms with Crippen molar-refractivity contribution in [3.8, 4) is 0 Å². The van der Waals surface area contributed by atoms with Crippen molar-refractivity contribution in [3.63, 3.8) is 0 Å². The van der Waals surface area contributed by atoms with Crippen molar-refractivity contribution in [2.75, 3.05) is 31.2 Å². The molecule has 1 aromatic heterocycles. The molecule has 0 saturated heterocycles. The number of rotatable bonds is 14. The van der Waals surface area contributed by atoms with Crippen molar-refractivity contribution in [1.29, 1.82) is 0 Å². The van der Waals surface area contributed by atoms with E-state index in [-0.39, 0.29) is 31.3 Å². The molecule has 11 nitrogen and oxygen atoms in total. The number of unbranched alkanes of at least 4 members (excludes halogenated alkanes) is 1. The average Bonchev–Trinajstić information content (AvgIpc) is 3.32. The Morgan fingerprint density at radius 2 is 1.86 bits per heavy atom. The van der Waals surface area contributed by atoms with Gasteiger partial charge in [-0.2, -0.15) is 4.37 Å². The summed E-state index contributed by atoms with van der Waals surface area (Å²) in [5, 5.41) is 20.6. The van der Waals surface area contributed by atoms with Crippen molar-refractivity contribution in [1.82, 2.24) is 4.37 Å². The molecule has 0 unspecified atom stereocenters. The molecular weight excluding hydrogens is 498 g/mol. The molecule has 12 heteroatoms. The van der Waals surface area contributed by atoms with Crippen molar-refractivity contribution in [2.45, 2.75) is 26.2 Å². The number of hydrogen-bond acceptors (Lipinski definition) is 11. The van der Waals surface area contributed by atoms with E-state index in [9.17, 15) is 19.7 Å². The van der Waals surface area contributed by atoms with Gasteiger partial charge in [0.25, 0.3) is 5.69 Å². The van der Waals surface area contributed by atoms with Gasteiger partial charge in [-0.15, -0.1) is 10.2 Å². The van der Waals surface area contributed by atoms with Gasteiger partial charge < -0.3 is 14.4 Å². The lowest BCUT2D eigenvalue weighted by Crippen LogP contribution is -2.26. The zero-order valence-corrected chi connectivity index (χ0v) is 21.2. The fraction of sp³-hybridized carbons (Fsp3) is 0.320. The number of non-ortho nitro benzene ring substituents is 1. The fourth-order valence-corrected chi connectivity index (χ4v) is 4.01. The fourth-order valence-electron chi connectivity index (χ4n) is 3.33. The molecule has 194 valence electrons. The van der Waals surface area contributed by atoms with E-state index in [2.05, 4.69) is 21.2 Å². The molecule has 0 saturated carbocycles. The van der Waals surface area contributed by atoms with E-state index < -0.39 is 10.9 Å². The number of ether oxygens (including phenoxy) is 2. The van der Waals surface area contributed by atoms with Crippen LogP contribution in [0.25, 0.3) is 10.9 Å². The van der Waals surface area contributed by atoms with Gasteiger partial charge >= 0.3 is 11.9 Å². The molecule has 1 heterocycles. The summed E-state index contributed by atoms with van der Waals surface area (Å²) in [6.45, 7) is 7.07. The number of carbonyl (C=O) groups excluding carboxylic acids is 2. The van der Waals surface area contributed by atoms with E-state index >= 15 is 0 Å². The van der Waals surface area contributed by atoms with E-state index in [0.717, 1.165) is 23.3 Å². The molecule has 3 aromatic rings. The molecule has 0 fully saturated rings. The first-order chi connectivity index (χ1) is 17.9. The number of anilines is 1. The van der Waals surface area contributed by atoms with Crippen molar-refractivity contribution < 1.29 is 24.0 Å². The molecule has 0 radical (unpaired) electrons. The Labute approximate surface area is 217 Å². The zero-order valence-electron chi connectivity index (χ0n) is 20.4. The van der Waals surface area contributed by atoms with Gasteiger partial charge in [0, 0.05) is 42.4 Å². The molecule has 0 aliphatic heterocycles. The Kier molecular flexibility index (Phi) is 10.2. The molecule has 0 bridgehead atoms. The normalized spacial score (nSPS) is 10.9. The minimum atomic E-state index is -0.463. The van der Waals surface area contributed by atoms with Crippen LogP contribution in [0.1, 0.15) is 26.2 Å². The molecule has 2 aromatic carbocycles. The number of azo groups is 1. The highest BCUT2D eigenvalue weighted by Crippen LogP contribution is 2.34.